The summed E-state index contributed by atoms with van der Waals surface area (Å²) in [6.07, 6.45) is -0.429. The standard InChI is InChI=1S/C19H28N2O3S3.ClH/c1-18(2,3)20-9-12(22)10-25-17-21-13(11-26-17)14-7-8-15(27-14)16(23)24-19(4,5)6;/h7-8,11-12,20,22H,9-10H2,1-6H3;1H. The van der Waals surface area contributed by atoms with Gasteiger partial charge < -0.3 is 15.2 Å². The van der Waals surface area contributed by atoms with Crippen molar-refractivity contribution in [3.8, 4) is 10.6 Å². The van der Waals surface area contributed by atoms with E-state index in [0.717, 1.165) is 14.9 Å². The number of ether oxygens (including phenoxy) is 1. The first-order chi connectivity index (χ1) is 12.4. The minimum Gasteiger partial charge on any atom is -0.456 e. The summed E-state index contributed by atoms with van der Waals surface area (Å²) >= 11 is 4.48. The van der Waals surface area contributed by atoms with Crippen molar-refractivity contribution in [1.82, 2.24) is 10.3 Å². The number of aliphatic hydroxyl groups excluding tert-OH is 1. The van der Waals surface area contributed by atoms with E-state index < -0.39 is 11.7 Å². The van der Waals surface area contributed by atoms with Gasteiger partial charge in [0.1, 0.15) is 10.5 Å². The number of aliphatic hydroxyl groups is 1. The maximum Gasteiger partial charge on any atom is 0.348 e. The number of esters is 1. The molecule has 0 saturated carbocycles. The molecular formula is C19H29ClN2O3S3. The first-order valence-corrected chi connectivity index (χ1v) is 11.5. The Kier molecular flexibility index (Phi) is 9.44. The number of carbonyl (C=O) groups is 1. The van der Waals surface area contributed by atoms with E-state index in [9.17, 15) is 9.90 Å². The van der Waals surface area contributed by atoms with Gasteiger partial charge in [0.2, 0.25) is 0 Å². The number of rotatable bonds is 7. The van der Waals surface area contributed by atoms with Gasteiger partial charge in [-0.1, -0.05) is 11.8 Å². The highest BCUT2D eigenvalue weighted by Gasteiger charge is 2.20. The largest absolute Gasteiger partial charge is 0.456 e. The van der Waals surface area contributed by atoms with E-state index in [0.29, 0.717) is 17.2 Å². The van der Waals surface area contributed by atoms with E-state index in [1.807, 2.05) is 32.2 Å². The number of hydrogen-bond acceptors (Lipinski definition) is 8. The molecular weight excluding hydrogens is 436 g/mol. The van der Waals surface area contributed by atoms with Crippen LogP contribution >= 0.6 is 46.8 Å². The summed E-state index contributed by atoms with van der Waals surface area (Å²) in [5.74, 6) is 0.280. The average molecular weight is 465 g/mol. The highest BCUT2D eigenvalue weighted by molar-refractivity contribution is 8.01. The van der Waals surface area contributed by atoms with Crippen LogP contribution in [0.1, 0.15) is 51.2 Å². The minimum absolute atomic E-state index is 0. The Hall–Kier alpha value is -0.640. The van der Waals surface area contributed by atoms with Crippen molar-refractivity contribution in [2.75, 3.05) is 12.3 Å². The lowest BCUT2D eigenvalue weighted by molar-refractivity contribution is 0.00752. The zero-order chi connectivity index (χ0) is 20.2. The van der Waals surface area contributed by atoms with E-state index in [1.54, 1.807) is 29.2 Å². The Balaban J connectivity index is 0.00000392. The summed E-state index contributed by atoms with van der Waals surface area (Å²) in [5, 5.41) is 15.4. The molecule has 0 fully saturated rings. The second-order valence-electron chi connectivity index (χ2n) is 8.26. The normalized spacial score (nSPS) is 13.1. The van der Waals surface area contributed by atoms with Crippen LogP contribution in [0.15, 0.2) is 21.9 Å². The van der Waals surface area contributed by atoms with Gasteiger partial charge in [0, 0.05) is 23.2 Å². The van der Waals surface area contributed by atoms with Crippen LogP contribution in [0.5, 0.6) is 0 Å². The Labute approximate surface area is 185 Å². The van der Waals surface area contributed by atoms with Crippen molar-refractivity contribution in [1.29, 1.82) is 0 Å². The zero-order valence-corrected chi connectivity index (χ0v) is 20.3. The first-order valence-electron chi connectivity index (χ1n) is 8.78. The van der Waals surface area contributed by atoms with E-state index >= 15 is 0 Å². The third-order valence-electron chi connectivity index (χ3n) is 3.21. The van der Waals surface area contributed by atoms with Crippen LogP contribution in [0.4, 0.5) is 0 Å². The number of hydrogen-bond donors (Lipinski definition) is 2. The second-order valence-corrected chi connectivity index (χ2v) is 11.5. The second kappa shape index (κ2) is 10.4. The molecule has 28 heavy (non-hydrogen) atoms. The molecule has 2 aromatic heterocycles. The Morgan fingerprint density at radius 3 is 2.57 bits per heavy atom. The number of aromatic nitrogens is 1. The third kappa shape index (κ3) is 8.80. The molecule has 2 heterocycles. The van der Waals surface area contributed by atoms with Gasteiger partial charge in [0.15, 0.2) is 4.34 Å². The quantitative estimate of drug-likeness (QED) is 0.439. The van der Waals surface area contributed by atoms with Gasteiger partial charge >= 0.3 is 5.97 Å². The lowest BCUT2D eigenvalue weighted by atomic mass is 10.1. The highest BCUT2D eigenvalue weighted by atomic mass is 35.5. The molecule has 0 spiro atoms. The zero-order valence-electron chi connectivity index (χ0n) is 17.1. The van der Waals surface area contributed by atoms with Crippen molar-refractivity contribution in [3.63, 3.8) is 0 Å². The number of thiophene rings is 1. The topological polar surface area (TPSA) is 71.5 Å². The Morgan fingerprint density at radius 1 is 1.29 bits per heavy atom. The maximum absolute atomic E-state index is 12.2. The number of thiazole rings is 1. The number of carbonyl (C=O) groups excluding carboxylic acids is 1. The van der Waals surface area contributed by atoms with Gasteiger partial charge in [-0.25, -0.2) is 9.78 Å². The lowest BCUT2D eigenvalue weighted by Crippen LogP contribution is -2.41. The van der Waals surface area contributed by atoms with Gasteiger partial charge in [-0.3, -0.25) is 0 Å². The molecule has 9 heteroatoms. The van der Waals surface area contributed by atoms with Crippen LogP contribution in [-0.4, -0.2) is 45.6 Å². The van der Waals surface area contributed by atoms with E-state index in [-0.39, 0.29) is 23.9 Å². The fourth-order valence-electron chi connectivity index (χ4n) is 2.00. The maximum atomic E-state index is 12.2. The molecule has 0 aliphatic carbocycles. The van der Waals surface area contributed by atoms with Crippen LogP contribution in [0.3, 0.4) is 0 Å². The van der Waals surface area contributed by atoms with Crippen molar-refractivity contribution in [2.24, 2.45) is 0 Å². The van der Waals surface area contributed by atoms with Crippen LogP contribution < -0.4 is 5.32 Å². The number of β-amino-alcohol motifs (C(OH)–C–C–N with tert-alkyl or cyclic N) is 1. The lowest BCUT2D eigenvalue weighted by Gasteiger charge is -2.22. The van der Waals surface area contributed by atoms with Gasteiger partial charge in [0.05, 0.1) is 16.7 Å². The first kappa shape index (κ1) is 25.4. The van der Waals surface area contributed by atoms with Gasteiger partial charge in [0.25, 0.3) is 0 Å². The summed E-state index contributed by atoms with van der Waals surface area (Å²) < 4.78 is 6.32. The molecule has 2 aromatic rings. The summed E-state index contributed by atoms with van der Waals surface area (Å²) in [6.45, 7) is 12.4. The van der Waals surface area contributed by atoms with Crippen molar-refractivity contribution < 1.29 is 14.6 Å². The summed E-state index contributed by atoms with van der Waals surface area (Å²) in [5.41, 5.74) is 0.337. The molecule has 0 amide bonds. The molecule has 0 aliphatic rings. The number of nitrogens with one attached hydrogen (secondary N) is 1. The minimum atomic E-state index is -0.506. The van der Waals surface area contributed by atoms with Crippen LogP contribution in [0.2, 0.25) is 0 Å². The average Bonchev–Trinajstić information content (AvgIpc) is 3.17. The van der Waals surface area contributed by atoms with Gasteiger partial charge in [-0.15, -0.1) is 35.1 Å². The predicted molar refractivity (Wildman–Crippen MR) is 122 cm³/mol. The molecule has 1 atom stereocenters. The molecule has 0 aromatic carbocycles. The number of halogens is 1. The Bertz CT molecular complexity index is 763. The van der Waals surface area contributed by atoms with Crippen LogP contribution in [0.25, 0.3) is 10.6 Å². The number of nitrogens with zero attached hydrogens (tertiary/aromatic N) is 1. The molecule has 0 bridgehead atoms. The summed E-state index contributed by atoms with van der Waals surface area (Å²) in [6, 6.07) is 3.68. The van der Waals surface area contributed by atoms with E-state index in [1.165, 1.54) is 11.3 Å². The van der Waals surface area contributed by atoms with Crippen molar-refractivity contribution in [2.45, 2.75) is 63.1 Å². The van der Waals surface area contributed by atoms with Crippen LogP contribution in [0, 0.1) is 0 Å². The molecule has 0 aliphatic heterocycles. The fraction of sp³-hybridized carbons (Fsp3) is 0.579. The molecule has 2 rings (SSSR count). The molecule has 0 saturated heterocycles. The van der Waals surface area contributed by atoms with Gasteiger partial charge in [-0.2, -0.15) is 0 Å². The molecule has 1 unspecified atom stereocenters. The monoisotopic (exact) mass is 464 g/mol. The SMILES string of the molecule is CC(C)(C)NCC(O)CSc1nc(-c2ccc(C(=O)OC(C)(C)C)s2)cs1.Cl. The molecule has 5 nitrogen and oxygen atoms in total. The third-order valence-corrected chi connectivity index (χ3v) is 6.46. The van der Waals surface area contributed by atoms with Crippen LogP contribution in [-0.2, 0) is 4.74 Å². The molecule has 2 N–H and O–H groups in total. The predicted octanol–water partition coefficient (Wildman–Crippen LogP) is 5.09. The van der Waals surface area contributed by atoms with Crippen molar-refractivity contribution in [3.05, 3.63) is 22.4 Å². The fourth-order valence-corrected chi connectivity index (χ4v) is 4.70. The summed E-state index contributed by atoms with van der Waals surface area (Å²) in [4.78, 5) is 18.3. The van der Waals surface area contributed by atoms with E-state index in [4.69, 9.17) is 4.74 Å². The molecule has 158 valence electrons. The summed E-state index contributed by atoms with van der Waals surface area (Å²) in [7, 11) is 0. The smallest absolute Gasteiger partial charge is 0.348 e. The highest BCUT2D eigenvalue weighted by Crippen LogP contribution is 2.33. The van der Waals surface area contributed by atoms with Gasteiger partial charge in [-0.05, 0) is 53.7 Å². The van der Waals surface area contributed by atoms with E-state index in [2.05, 4.69) is 31.1 Å². The Morgan fingerprint density at radius 2 is 1.96 bits per heavy atom. The van der Waals surface area contributed by atoms with Crippen molar-refractivity contribution >= 4 is 52.8 Å². The number of thioether (sulfide) groups is 1. The molecule has 0 radical (unpaired) electrons.